The lowest BCUT2D eigenvalue weighted by atomic mass is 10.1. The average Bonchev–Trinajstić information content (AvgIpc) is 2.73. The van der Waals surface area contributed by atoms with Crippen LogP contribution in [0.25, 0.3) is 0 Å². The monoisotopic (exact) mass is 373 g/mol. The first-order valence-corrected chi connectivity index (χ1v) is 9.08. The van der Waals surface area contributed by atoms with Crippen LogP contribution < -0.4 is 15.5 Å². The van der Waals surface area contributed by atoms with Gasteiger partial charge < -0.3 is 15.5 Å². The molecule has 0 aliphatic heterocycles. The highest BCUT2D eigenvalue weighted by Gasteiger charge is 2.12. The van der Waals surface area contributed by atoms with E-state index in [4.69, 9.17) is 0 Å². The van der Waals surface area contributed by atoms with Gasteiger partial charge in [-0.05, 0) is 43.3 Å². The highest BCUT2D eigenvalue weighted by atomic mass is 16.2. The quantitative estimate of drug-likeness (QED) is 0.589. The van der Waals surface area contributed by atoms with Crippen LogP contribution >= 0.6 is 0 Å². The first-order chi connectivity index (χ1) is 13.6. The molecule has 0 atom stereocenters. The van der Waals surface area contributed by atoms with Crippen molar-refractivity contribution in [3.05, 3.63) is 84.4 Å². The molecule has 3 rings (SSSR count). The van der Waals surface area contributed by atoms with Gasteiger partial charge in [-0.3, -0.25) is 9.59 Å². The number of carbonyl (C=O) groups excluding carboxylic acids is 2. The first-order valence-electron chi connectivity index (χ1n) is 9.08. The molecule has 0 heterocycles. The number of Topliss-reactive ketones (excluding diaryl/α,β-unsaturated/α-hetero) is 1. The molecule has 2 N–H and O–H groups in total. The minimum Gasteiger partial charge on any atom is -0.374 e. The maximum atomic E-state index is 12.4. The number of para-hydroxylation sites is 4. The van der Waals surface area contributed by atoms with E-state index in [1.165, 1.54) is 6.92 Å². The van der Waals surface area contributed by atoms with Crippen LogP contribution in [0.5, 0.6) is 0 Å². The number of hydrogen-bond acceptors (Lipinski definition) is 4. The van der Waals surface area contributed by atoms with Gasteiger partial charge in [0.25, 0.3) is 0 Å². The van der Waals surface area contributed by atoms with Gasteiger partial charge in [0.05, 0.1) is 23.6 Å². The van der Waals surface area contributed by atoms with Gasteiger partial charge in [0, 0.05) is 18.3 Å². The topological polar surface area (TPSA) is 61.4 Å². The fourth-order valence-corrected chi connectivity index (χ4v) is 2.98. The second-order valence-electron chi connectivity index (χ2n) is 6.42. The van der Waals surface area contributed by atoms with Crippen molar-refractivity contribution in [2.45, 2.75) is 6.92 Å². The van der Waals surface area contributed by atoms with E-state index >= 15 is 0 Å². The predicted octanol–water partition coefficient (Wildman–Crippen LogP) is 4.71. The summed E-state index contributed by atoms with van der Waals surface area (Å²) in [6, 6.07) is 24.8. The highest BCUT2D eigenvalue weighted by molar-refractivity contribution is 6.04. The van der Waals surface area contributed by atoms with Crippen LogP contribution in [0.2, 0.25) is 0 Å². The summed E-state index contributed by atoms with van der Waals surface area (Å²) in [5, 5.41) is 6.00. The van der Waals surface area contributed by atoms with Crippen LogP contribution in [0.3, 0.4) is 0 Å². The molecule has 1 amide bonds. The van der Waals surface area contributed by atoms with Gasteiger partial charge in [-0.1, -0.05) is 42.5 Å². The van der Waals surface area contributed by atoms with E-state index in [0.717, 1.165) is 17.1 Å². The van der Waals surface area contributed by atoms with Crippen molar-refractivity contribution >= 4 is 34.4 Å². The largest absolute Gasteiger partial charge is 0.374 e. The molecule has 142 valence electrons. The van der Waals surface area contributed by atoms with Gasteiger partial charge in [-0.15, -0.1) is 0 Å². The van der Waals surface area contributed by atoms with Crippen molar-refractivity contribution in [2.24, 2.45) is 0 Å². The Morgan fingerprint density at radius 3 is 2.14 bits per heavy atom. The summed E-state index contributed by atoms with van der Waals surface area (Å²) in [7, 11) is 1.99. The van der Waals surface area contributed by atoms with Gasteiger partial charge in [-0.2, -0.15) is 0 Å². The van der Waals surface area contributed by atoms with Crippen LogP contribution in [0, 0.1) is 0 Å². The van der Waals surface area contributed by atoms with Crippen LogP contribution in [0.15, 0.2) is 78.9 Å². The molecule has 5 heteroatoms. The second-order valence-corrected chi connectivity index (χ2v) is 6.42. The smallest absolute Gasteiger partial charge is 0.243 e. The summed E-state index contributed by atoms with van der Waals surface area (Å²) in [6.07, 6.45) is 0. The molecule has 3 aromatic rings. The Morgan fingerprint density at radius 1 is 0.821 bits per heavy atom. The molecule has 0 aliphatic carbocycles. The molecule has 3 aromatic carbocycles. The molecular formula is C23H23N3O2. The molecule has 28 heavy (non-hydrogen) atoms. The van der Waals surface area contributed by atoms with E-state index in [1.807, 2.05) is 61.6 Å². The summed E-state index contributed by atoms with van der Waals surface area (Å²) < 4.78 is 0. The third-order valence-electron chi connectivity index (χ3n) is 4.43. The van der Waals surface area contributed by atoms with Crippen molar-refractivity contribution in [2.75, 3.05) is 29.1 Å². The van der Waals surface area contributed by atoms with E-state index in [0.29, 0.717) is 11.3 Å². The minimum atomic E-state index is -0.217. The summed E-state index contributed by atoms with van der Waals surface area (Å²) in [4.78, 5) is 26.2. The molecule has 0 aliphatic rings. The van der Waals surface area contributed by atoms with Crippen molar-refractivity contribution in [1.82, 2.24) is 0 Å². The van der Waals surface area contributed by atoms with E-state index in [2.05, 4.69) is 15.5 Å². The first kappa shape index (κ1) is 19.2. The van der Waals surface area contributed by atoms with Gasteiger partial charge in [-0.25, -0.2) is 0 Å². The molecule has 0 saturated carbocycles. The number of anilines is 4. The average molecular weight is 373 g/mol. The van der Waals surface area contributed by atoms with Crippen LogP contribution in [0.1, 0.15) is 17.3 Å². The third-order valence-corrected chi connectivity index (χ3v) is 4.43. The number of amides is 1. The second kappa shape index (κ2) is 8.86. The molecule has 0 radical (unpaired) electrons. The normalized spacial score (nSPS) is 10.2. The third kappa shape index (κ3) is 4.57. The summed E-state index contributed by atoms with van der Waals surface area (Å²) in [6.45, 7) is 1.57. The highest BCUT2D eigenvalue weighted by Crippen LogP contribution is 2.30. The molecule has 0 spiro atoms. The Balaban J connectivity index is 1.70. The number of nitrogens with zero attached hydrogens (tertiary/aromatic N) is 1. The lowest BCUT2D eigenvalue weighted by Gasteiger charge is -2.23. The summed E-state index contributed by atoms with van der Waals surface area (Å²) in [5.74, 6) is -0.301. The van der Waals surface area contributed by atoms with Gasteiger partial charge in [0.15, 0.2) is 5.78 Å². The number of rotatable bonds is 7. The zero-order valence-corrected chi connectivity index (χ0v) is 16.0. The molecule has 0 fully saturated rings. The molecule has 5 nitrogen and oxygen atoms in total. The van der Waals surface area contributed by atoms with Gasteiger partial charge in [0.1, 0.15) is 0 Å². The van der Waals surface area contributed by atoms with Gasteiger partial charge >= 0.3 is 0 Å². The Morgan fingerprint density at radius 2 is 1.43 bits per heavy atom. The fraction of sp³-hybridized carbons (Fsp3) is 0.130. The SMILES string of the molecule is CC(=O)c1ccccc1NC(=O)CNc1ccccc1N(C)c1ccccc1. The molecular weight excluding hydrogens is 350 g/mol. The lowest BCUT2D eigenvalue weighted by molar-refractivity contribution is -0.114. The minimum absolute atomic E-state index is 0.0845. The van der Waals surface area contributed by atoms with Crippen molar-refractivity contribution < 1.29 is 9.59 Å². The van der Waals surface area contributed by atoms with E-state index < -0.39 is 0 Å². The summed E-state index contributed by atoms with van der Waals surface area (Å²) in [5.41, 5.74) is 3.89. The summed E-state index contributed by atoms with van der Waals surface area (Å²) >= 11 is 0. The van der Waals surface area contributed by atoms with Crippen molar-refractivity contribution in [1.29, 1.82) is 0 Å². The molecule has 0 unspecified atom stereocenters. The van der Waals surface area contributed by atoms with Crippen LogP contribution in [0.4, 0.5) is 22.7 Å². The Hall–Kier alpha value is -3.60. The predicted molar refractivity (Wildman–Crippen MR) is 115 cm³/mol. The number of carbonyl (C=O) groups is 2. The maximum Gasteiger partial charge on any atom is 0.243 e. The Labute approximate surface area is 165 Å². The molecule has 0 bridgehead atoms. The maximum absolute atomic E-state index is 12.4. The van der Waals surface area contributed by atoms with E-state index in [-0.39, 0.29) is 18.2 Å². The fourth-order valence-electron chi connectivity index (χ4n) is 2.98. The number of nitrogens with one attached hydrogen (secondary N) is 2. The van der Waals surface area contributed by atoms with Crippen molar-refractivity contribution in [3.63, 3.8) is 0 Å². The lowest BCUT2D eigenvalue weighted by Crippen LogP contribution is -2.23. The number of ketones is 1. The van der Waals surface area contributed by atoms with Crippen LogP contribution in [-0.4, -0.2) is 25.3 Å². The van der Waals surface area contributed by atoms with E-state index in [1.54, 1.807) is 24.3 Å². The Kier molecular flexibility index (Phi) is 6.07. The molecule has 0 aromatic heterocycles. The van der Waals surface area contributed by atoms with Crippen LogP contribution in [-0.2, 0) is 4.79 Å². The zero-order chi connectivity index (χ0) is 19.9. The van der Waals surface area contributed by atoms with Gasteiger partial charge in [0.2, 0.25) is 5.91 Å². The van der Waals surface area contributed by atoms with E-state index in [9.17, 15) is 9.59 Å². The van der Waals surface area contributed by atoms with Crippen molar-refractivity contribution in [3.8, 4) is 0 Å². The molecule has 0 saturated heterocycles. The number of hydrogen-bond donors (Lipinski definition) is 2. The standard InChI is InChI=1S/C23H23N3O2/c1-17(27)19-12-6-7-13-20(19)25-23(28)16-24-21-14-8-9-15-22(21)26(2)18-10-4-3-5-11-18/h3-15,24H,16H2,1-2H3,(H,25,28). The zero-order valence-electron chi connectivity index (χ0n) is 16.0. The number of benzene rings is 3. The Bertz CT molecular complexity index is 970.